The van der Waals surface area contributed by atoms with Gasteiger partial charge in [-0.3, -0.25) is 0 Å². The van der Waals surface area contributed by atoms with E-state index in [2.05, 4.69) is 26.2 Å². The fourth-order valence-electron chi connectivity index (χ4n) is 2.02. The molecule has 0 spiro atoms. The lowest BCUT2D eigenvalue weighted by Gasteiger charge is -2.28. The number of rotatable bonds is 4. The Hall–Kier alpha value is -0.910. The summed E-state index contributed by atoms with van der Waals surface area (Å²) in [6, 6.07) is 9.40. The second-order valence-corrected chi connectivity index (χ2v) is 5.15. The van der Waals surface area contributed by atoms with Crippen LogP contribution in [0.15, 0.2) is 34.9 Å². The first kappa shape index (κ1) is 13.5. The van der Waals surface area contributed by atoms with E-state index in [0.717, 1.165) is 5.56 Å². The van der Waals surface area contributed by atoms with E-state index in [1.807, 2.05) is 30.3 Å². The minimum Gasteiger partial charge on any atom is -0.379 e. The number of hydrogen-bond donors (Lipinski definition) is 1. The molecule has 4 nitrogen and oxygen atoms in total. The summed E-state index contributed by atoms with van der Waals surface area (Å²) in [5, 5.41) is 18.8. The zero-order chi connectivity index (χ0) is 13.2. The molecule has 0 fully saturated rings. The van der Waals surface area contributed by atoms with E-state index in [0.29, 0.717) is 22.6 Å². The molecule has 1 aromatic heterocycles. The summed E-state index contributed by atoms with van der Waals surface area (Å²) >= 11 is 9.15. The molecule has 18 heavy (non-hydrogen) atoms. The first-order chi connectivity index (χ1) is 8.59. The normalized spacial score (nSPS) is 14.4. The van der Waals surface area contributed by atoms with Gasteiger partial charge in [-0.25, -0.2) is 4.68 Å². The molecule has 0 amide bonds. The molecule has 0 aliphatic heterocycles. The molecule has 0 radical (unpaired) electrons. The highest BCUT2D eigenvalue weighted by Gasteiger charge is 2.36. The van der Waals surface area contributed by atoms with Crippen molar-refractivity contribution in [2.45, 2.75) is 12.0 Å². The SMILES string of the molecule is Cn1nnc(Br)c1C(O)(CCCl)c1ccccc1. The average Bonchev–Trinajstić information content (AvgIpc) is 2.71. The molecule has 2 aromatic rings. The Morgan fingerprint density at radius 3 is 2.56 bits per heavy atom. The first-order valence-electron chi connectivity index (χ1n) is 5.49. The number of benzene rings is 1. The first-order valence-corrected chi connectivity index (χ1v) is 6.82. The van der Waals surface area contributed by atoms with E-state index >= 15 is 0 Å². The molecule has 96 valence electrons. The van der Waals surface area contributed by atoms with Crippen molar-refractivity contribution >= 4 is 27.5 Å². The molecule has 0 aliphatic rings. The van der Waals surface area contributed by atoms with Gasteiger partial charge in [-0.2, -0.15) is 0 Å². The van der Waals surface area contributed by atoms with Gasteiger partial charge in [-0.1, -0.05) is 35.5 Å². The highest BCUT2D eigenvalue weighted by molar-refractivity contribution is 9.10. The maximum Gasteiger partial charge on any atom is 0.154 e. The van der Waals surface area contributed by atoms with Gasteiger partial charge in [0.1, 0.15) is 11.3 Å². The van der Waals surface area contributed by atoms with E-state index in [1.54, 1.807) is 11.7 Å². The number of aromatic nitrogens is 3. The quantitative estimate of drug-likeness (QED) is 0.876. The number of halogens is 2. The molecule has 0 saturated carbocycles. The summed E-state index contributed by atoms with van der Waals surface area (Å²) in [4.78, 5) is 0. The molecule has 0 aliphatic carbocycles. The van der Waals surface area contributed by atoms with Gasteiger partial charge in [0, 0.05) is 12.9 Å². The monoisotopic (exact) mass is 329 g/mol. The number of hydrogen-bond acceptors (Lipinski definition) is 3. The summed E-state index contributed by atoms with van der Waals surface area (Å²) in [5.74, 6) is 0.336. The van der Waals surface area contributed by atoms with Crippen LogP contribution in [0.3, 0.4) is 0 Å². The van der Waals surface area contributed by atoms with Crippen LogP contribution in [0.5, 0.6) is 0 Å². The average molecular weight is 331 g/mol. The Morgan fingerprint density at radius 2 is 2.06 bits per heavy atom. The molecular weight excluding hydrogens is 318 g/mol. The lowest BCUT2D eigenvalue weighted by atomic mass is 9.88. The zero-order valence-corrected chi connectivity index (χ0v) is 12.2. The second-order valence-electron chi connectivity index (χ2n) is 4.02. The third-order valence-corrected chi connectivity index (χ3v) is 3.61. The fourth-order valence-corrected chi connectivity index (χ4v) is 2.95. The molecule has 6 heteroatoms. The molecule has 1 atom stereocenters. The van der Waals surface area contributed by atoms with Crippen LogP contribution >= 0.6 is 27.5 Å². The van der Waals surface area contributed by atoms with Crippen LogP contribution in [-0.2, 0) is 12.6 Å². The van der Waals surface area contributed by atoms with Gasteiger partial charge in [0.15, 0.2) is 4.60 Å². The highest BCUT2D eigenvalue weighted by Crippen LogP contribution is 2.36. The Kier molecular flexibility index (Phi) is 4.04. The standard InChI is InChI=1S/C12H13BrClN3O/c1-17-10(11(13)15-16-17)12(18,7-8-14)9-5-3-2-4-6-9/h2-6,18H,7-8H2,1H3. The lowest BCUT2D eigenvalue weighted by molar-refractivity contribution is 0.0679. The van der Waals surface area contributed by atoms with Crippen LogP contribution in [-0.4, -0.2) is 26.0 Å². The number of nitrogens with zero attached hydrogens (tertiary/aromatic N) is 3. The van der Waals surface area contributed by atoms with Crippen LogP contribution < -0.4 is 0 Å². The van der Waals surface area contributed by atoms with Crippen LogP contribution in [0.1, 0.15) is 17.7 Å². The van der Waals surface area contributed by atoms with Crippen LogP contribution in [0.25, 0.3) is 0 Å². The predicted octanol–water partition coefficient (Wildman–Crippen LogP) is 2.44. The van der Waals surface area contributed by atoms with E-state index in [-0.39, 0.29) is 0 Å². The van der Waals surface area contributed by atoms with E-state index in [4.69, 9.17) is 11.6 Å². The van der Waals surface area contributed by atoms with Gasteiger partial charge < -0.3 is 5.11 Å². The van der Waals surface area contributed by atoms with Gasteiger partial charge in [0.05, 0.1) is 0 Å². The topological polar surface area (TPSA) is 50.9 Å². The van der Waals surface area contributed by atoms with Gasteiger partial charge in [-0.15, -0.1) is 16.7 Å². The Bertz CT molecular complexity index is 512. The van der Waals surface area contributed by atoms with Gasteiger partial charge in [0.2, 0.25) is 0 Å². The van der Waals surface area contributed by atoms with E-state index in [9.17, 15) is 5.11 Å². The van der Waals surface area contributed by atoms with Crippen molar-refractivity contribution in [2.24, 2.45) is 7.05 Å². The van der Waals surface area contributed by atoms with Crippen LogP contribution in [0, 0.1) is 0 Å². The minimum atomic E-state index is -1.19. The Labute approximate surface area is 119 Å². The fraction of sp³-hybridized carbons (Fsp3) is 0.333. The minimum absolute atomic E-state index is 0.336. The molecule has 0 bridgehead atoms. The van der Waals surface area contributed by atoms with Crippen molar-refractivity contribution in [1.82, 2.24) is 15.0 Å². The van der Waals surface area contributed by atoms with Crippen molar-refractivity contribution in [2.75, 3.05) is 5.88 Å². The molecule has 1 N–H and O–H groups in total. The summed E-state index contributed by atoms with van der Waals surface area (Å²) in [6.07, 6.45) is 0.387. The van der Waals surface area contributed by atoms with Crippen molar-refractivity contribution in [3.8, 4) is 0 Å². The van der Waals surface area contributed by atoms with Gasteiger partial charge >= 0.3 is 0 Å². The molecule has 1 unspecified atom stereocenters. The smallest absolute Gasteiger partial charge is 0.154 e. The van der Waals surface area contributed by atoms with Gasteiger partial charge in [0.25, 0.3) is 0 Å². The lowest BCUT2D eigenvalue weighted by Crippen LogP contribution is -2.31. The summed E-state index contributed by atoms with van der Waals surface area (Å²) in [6.45, 7) is 0. The molecular formula is C12H13BrClN3O. The van der Waals surface area contributed by atoms with Crippen LogP contribution in [0.2, 0.25) is 0 Å². The maximum absolute atomic E-state index is 11.0. The second kappa shape index (κ2) is 5.38. The largest absolute Gasteiger partial charge is 0.379 e. The van der Waals surface area contributed by atoms with Crippen molar-refractivity contribution in [1.29, 1.82) is 0 Å². The third kappa shape index (κ3) is 2.30. The Morgan fingerprint density at radius 1 is 1.39 bits per heavy atom. The number of aryl methyl sites for hydroxylation is 1. The molecule has 1 aromatic carbocycles. The summed E-state index contributed by atoms with van der Waals surface area (Å²) in [5.41, 5.74) is 0.186. The Balaban J connectivity index is 2.58. The van der Waals surface area contributed by atoms with E-state index < -0.39 is 5.60 Å². The van der Waals surface area contributed by atoms with Crippen molar-refractivity contribution in [3.05, 3.63) is 46.2 Å². The molecule has 1 heterocycles. The van der Waals surface area contributed by atoms with Crippen molar-refractivity contribution in [3.63, 3.8) is 0 Å². The van der Waals surface area contributed by atoms with Crippen LogP contribution in [0.4, 0.5) is 0 Å². The summed E-state index contributed by atoms with van der Waals surface area (Å²) in [7, 11) is 1.75. The predicted molar refractivity (Wildman–Crippen MR) is 73.5 cm³/mol. The molecule has 2 rings (SSSR count). The van der Waals surface area contributed by atoms with E-state index in [1.165, 1.54) is 0 Å². The summed E-state index contributed by atoms with van der Waals surface area (Å²) < 4.78 is 2.09. The number of aliphatic hydroxyl groups is 1. The zero-order valence-electron chi connectivity index (χ0n) is 9.85. The molecule has 0 saturated heterocycles. The van der Waals surface area contributed by atoms with Crippen molar-refractivity contribution < 1.29 is 5.11 Å². The van der Waals surface area contributed by atoms with Gasteiger partial charge in [-0.05, 0) is 27.9 Å². The highest BCUT2D eigenvalue weighted by atomic mass is 79.9. The third-order valence-electron chi connectivity index (χ3n) is 2.89. The maximum atomic E-state index is 11.0. The number of alkyl halides is 1.